The molecule has 0 atom stereocenters. The molecule has 0 unspecified atom stereocenters. The maximum absolute atomic E-state index is 13.5. The van der Waals surface area contributed by atoms with Crippen LogP contribution in [-0.4, -0.2) is 23.9 Å². The molecular weight excluding hydrogens is 296 g/mol. The van der Waals surface area contributed by atoms with E-state index in [2.05, 4.69) is 5.32 Å². The zero-order chi connectivity index (χ0) is 15.3. The number of rotatable bonds is 6. The van der Waals surface area contributed by atoms with Crippen molar-refractivity contribution in [3.63, 3.8) is 0 Å². The molecule has 20 heavy (non-hydrogen) atoms. The molecular formula is C12H16F4N2OS. The summed E-state index contributed by atoms with van der Waals surface area (Å²) >= 11 is -0.132. The predicted octanol–water partition coefficient (Wildman–Crippen LogP) is 3.86. The van der Waals surface area contributed by atoms with Gasteiger partial charge in [-0.05, 0) is 25.6 Å². The van der Waals surface area contributed by atoms with E-state index in [9.17, 15) is 17.6 Å². The average molecular weight is 312 g/mol. The number of benzene rings is 1. The summed E-state index contributed by atoms with van der Waals surface area (Å²) in [7, 11) is 0. The molecule has 0 saturated heterocycles. The fraction of sp³-hybridized carbons (Fsp3) is 0.500. The zero-order valence-electron chi connectivity index (χ0n) is 11.1. The summed E-state index contributed by atoms with van der Waals surface area (Å²) in [6.07, 6.45) is -0.221. The Bertz CT molecular complexity index is 452. The number of hydrogen-bond acceptors (Lipinski definition) is 4. The summed E-state index contributed by atoms with van der Waals surface area (Å²) in [4.78, 5) is 0. The molecule has 1 rings (SSSR count). The largest absolute Gasteiger partial charge is 0.488 e. The van der Waals surface area contributed by atoms with Crippen LogP contribution < -0.4 is 15.8 Å². The van der Waals surface area contributed by atoms with E-state index in [4.69, 9.17) is 10.5 Å². The Balaban J connectivity index is 2.65. The van der Waals surface area contributed by atoms with Gasteiger partial charge in [-0.25, -0.2) is 4.39 Å². The number of thioether (sulfide) groups is 1. The van der Waals surface area contributed by atoms with E-state index >= 15 is 0 Å². The van der Waals surface area contributed by atoms with E-state index < -0.39 is 11.3 Å². The maximum Gasteiger partial charge on any atom is 0.441 e. The third kappa shape index (κ3) is 5.77. The quantitative estimate of drug-likeness (QED) is 0.476. The van der Waals surface area contributed by atoms with Crippen LogP contribution in [0.3, 0.4) is 0 Å². The van der Waals surface area contributed by atoms with Gasteiger partial charge in [0.15, 0.2) is 11.6 Å². The summed E-state index contributed by atoms with van der Waals surface area (Å²) in [5, 5.41) is 2.73. The third-order valence-electron chi connectivity index (χ3n) is 2.15. The molecule has 0 aliphatic heterocycles. The Hall–Kier alpha value is -1.31. The van der Waals surface area contributed by atoms with E-state index in [0.717, 1.165) is 6.07 Å². The SMILES string of the molecule is CC(C)Oc1cc(NCCSC(F)(F)F)c(N)cc1F. The molecule has 1 aromatic carbocycles. The van der Waals surface area contributed by atoms with Gasteiger partial charge in [0.05, 0.1) is 17.5 Å². The van der Waals surface area contributed by atoms with Crippen molar-refractivity contribution in [2.24, 2.45) is 0 Å². The topological polar surface area (TPSA) is 47.3 Å². The molecule has 0 aliphatic rings. The van der Waals surface area contributed by atoms with Gasteiger partial charge in [0, 0.05) is 24.4 Å². The normalized spacial score (nSPS) is 11.8. The van der Waals surface area contributed by atoms with Crippen LogP contribution in [0, 0.1) is 5.82 Å². The zero-order valence-corrected chi connectivity index (χ0v) is 11.9. The minimum absolute atomic E-state index is 0.0141. The molecule has 8 heteroatoms. The van der Waals surface area contributed by atoms with E-state index in [0.29, 0.717) is 5.69 Å². The number of ether oxygens (including phenoxy) is 1. The van der Waals surface area contributed by atoms with Crippen molar-refractivity contribution < 1.29 is 22.3 Å². The lowest BCUT2D eigenvalue weighted by atomic mass is 10.2. The number of nitrogens with two attached hydrogens (primary N) is 1. The van der Waals surface area contributed by atoms with Crippen molar-refractivity contribution in [1.29, 1.82) is 0 Å². The minimum atomic E-state index is -4.26. The first-order chi connectivity index (χ1) is 9.19. The molecule has 0 spiro atoms. The van der Waals surface area contributed by atoms with Gasteiger partial charge in [0.1, 0.15) is 0 Å². The maximum atomic E-state index is 13.5. The van der Waals surface area contributed by atoms with E-state index in [1.54, 1.807) is 13.8 Å². The summed E-state index contributed by atoms with van der Waals surface area (Å²) in [6, 6.07) is 2.43. The monoisotopic (exact) mass is 312 g/mol. The fourth-order valence-corrected chi connectivity index (χ4v) is 1.85. The van der Waals surface area contributed by atoms with Gasteiger partial charge in [-0.1, -0.05) is 0 Å². The second-order valence-corrected chi connectivity index (χ2v) is 5.42. The van der Waals surface area contributed by atoms with Crippen molar-refractivity contribution in [3.8, 4) is 5.75 Å². The Morgan fingerprint density at radius 2 is 2.00 bits per heavy atom. The number of nitrogen functional groups attached to an aromatic ring is 1. The van der Waals surface area contributed by atoms with E-state index in [1.807, 2.05) is 0 Å². The molecule has 0 fully saturated rings. The van der Waals surface area contributed by atoms with Crippen LogP contribution in [-0.2, 0) is 0 Å². The predicted molar refractivity (Wildman–Crippen MR) is 73.6 cm³/mol. The lowest BCUT2D eigenvalue weighted by Gasteiger charge is -2.15. The number of nitrogens with one attached hydrogen (secondary N) is 1. The summed E-state index contributed by atoms with van der Waals surface area (Å²) in [6.45, 7) is 3.53. The van der Waals surface area contributed by atoms with Crippen LogP contribution in [0.4, 0.5) is 28.9 Å². The van der Waals surface area contributed by atoms with Gasteiger partial charge in [-0.2, -0.15) is 13.2 Å². The highest BCUT2D eigenvalue weighted by molar-refractivity contribution is 8.00. The average Bonchev–Trinajstić information content (AvgIpc) is 2.28. The first kappa shape index (κ1) is 16.7. The number of alkyl halides is 3. The van der Waals surface area contributed by atoms with Gasteiger partial charge >= 0.3 is 5.51 Å². The lowest BCUT2D eigenvalue weighted by Crippen LogP contribution is -2.12. The molecule has 0 heterocycles. The van der Waals surface area contributed by atoms with Crippen LogP contribution in [0.2, 0.25) is 0 Å². The third-order valence-corrected chi connectivity index (χ3v) is 2.89. The Kier molecular flexibility index (Phi) is 5.79. The number of anilines is 2. The molecule has 3 N–H and O–H groups in total. The summed E-state index contributed by atoms with van der Waals surface area (Å²) in [5.74, 6) is -0.757. The van der Waals surface area contributed by atoms with Gasteiger partial charge in [-0.15, -0.1) is 0 Å². The van der Waals surface area contributed by atoms with E-state index in [-0.39, 0.29) is 41.6 Å². The molecule has 1 aromatic rings. The van der Waals surface area contributed by atoms with Crippen LogP contribution in [0.25, 0.3) is 0 Å². The van der Waals surface area contributed by atoms with Crippen LogP contribution in [0.15, 0.2) is 12.1 Å². The highest BCUT2D eigenvalue weighted by atomic mass is 32.2. The van der Waals surface area contributed by atoms with Gasteiger partial charge < -0.3 is 15.8 Å². The summed E-state index contributed by atoms with van der Waals surface area (Å²) in [5.41, 5.74) is 1.81. The molecule has 0 amide bonds. The second kappa shape index (κ2) is 6.92. The Morgan fingerprint density at radius 3 is 2.55 bits per heavy atom. The van der Waals surface area contributed by atoms with Crippen molar-refractivity contribution in [3.05, 3.63) is 17.9 Å². The molecule has 0 saturated carbocycles. The molecule has 0 radical (unpaired) electrons. The molecule has 0 bridgehead atoms. The van der Waals surface area contributed by atoms with Crippen molar-refractivity contribution in [2.75, 3.05) is 23.3 Å². The number of hydrogen-bond donors (Lipinski definition) is 2. The van der Waals surface area contributed by atoms with Crippen molar-refractivity contribution in [2.45, 2.75) is 25.5 Å². The first-order valence-electron chi connectivity index (χ1n) is 5.89. The number of halogens is 4. The first-order valence-corrected chi connectivity index (χ1v) is 6.88. The Morgan fingerprint density at radius 1 is 1.35 bits per heavy atom. The molecule has 0 aromatic heterocycles. The van der Waals surface area contributed by atoms with Gasteiger partial charge in [0.25, 0.3) is 0 Å². The second-order valence-electron chi connectivity index (χ2n) is 4.26. The van der Waals surface area contributed by atoms with Crippen LogP contribution in [0.5, 0.6) is 5.75 Å². The van der Waals surface area contributed by atoms with Crippen molar-refractivity contribution >= 4 is 23.1 Å². The lowest BCUT2D eigenvalue weighted by molar-refractivity contribution is -0.0327. The molecule has 114 valence electrons. The van der Waals surface area contributed by atoms with Crippen LogP contribution in [0.1, 0.15) is 13.8 Å². The Labute approximate surface area is 118 Å². The summed E-state index contributed by atoms with van der Waals surface area (Å²) < 4.78 is 54.7. The molecule has 0 aliphatic carbocycles. The minimum Gasteiger partial charge on any atom is -0.488 e. The van der Waals surface area contributed by atoms with Crippen LogP contribution >= 0.6 is 11.8 Å². The van der Waals surface area contributed by atoms with Gasteiger partial charge in [0.2, 0.25) is 0 Å². The standard InChI is InChI=1S/C12H16F4N2OS/c1-7(2)19-11-6-10(9(17)5-8(11)13)18-3-4-20-12(14,15)16/h5-7,18H,3-4,17H2,1-2H3. The highest BCUT2D eigenvalue weighted by Gasteiger charge is 2.27. The smallest absolute Gasteiger partial charge is 0.441 e. The van der Waals surface area contributed by atoms with E-state index in [1.165, 1.54) is 6.07 Å². The highest BCUT2D eigenvalue weighted by Crippen LogP contribution is 2.31. The fourth-order valence-electron chi connectivity index (χ4n) is 1.42. The van der Waals surface area contributed by atoms with Gasteiger partial charge in [-0.3, -0.25) is 0 Å². The van der Waals surface area contributed by atoms with Crippen molar-refractivity contribution in [1.82, 2.24) is 0 Å². The molecule has 3 nitrogen and oxygen atoms in total.